The van der Waals surface area contributed by atoms with Gasteiger partial charge < -0.3 is 20.1 Å². The lowest BCUT2D eigenvalue weighted by Crippen LogP contribution is -2.44. The number of carboxylic acids is 1. The van der Waals surface area contributed by atoms with Gasteiger partial charge in [0.05, 0.1) is 12.0 Å². The molecule has 20 heavy (non-hydrogen) atoms. The average Bonchev–Trinajstić information content (AvgIpc) is 2.25. The molecule has 0 bridgehead atoms. The Hall–Kier alpha value is -2.38. The number of aliphatic carboxylic acids is 1. The van der Waals surface area contributed by atoms with Gasteiger partial charge in [-0.3, -0.25) is 4.79 Å². The smallest absolute Gasteiger partial charge is 0.408 e. The molecule has 0 radical (unpaired) electrons. The molecular weight excluding hydrogens is 266 g/mol. The summed E-state index contributed by atoms with van der Waals surface area (Å²) < 4.78 is 4.98. The van der Waals surface area contributed by atoms with Gasteiger partial charge in [0.1, 0.15) is 11.6 Å². The zero-order valence-electron chi connectivity index (χ0n) is 11.5. The number of carbonyl (C=O) groups excluding carboxylic acids is 1. The molecule has 0 saturated carbocycles. The zero-order chi connectivity index (χ0) is 15.3. The molecule has 1 atom stereocenters. The minimum Gasteiger partial charge on any atom is -0.480 e. The molecule has 0 fully saturated rings. The SMILES string of the molecule is CC(C)(C)OC(=O)NC(Cc1cc(=O)[nH]cn1)C(=O)O. The highest BCUT2D eigenvalue weighted by Gasteiger charge is 2.24. The highest BCUT2D eigenvalue weighted by atomic mass is 16.6. The number of aromatic nitrogens is 2. The lowest BCUT2D eigenvalue weighted by atomic mass is 10.1. The topological polar surface area (TPSA) is 121 Å². The molecule has 0 aliphatic heterocycles. The number of ether oxygens (including phenoxy) is 1. The maximum absolute atomic E-state index is 11.5. The number of alkyl carbamates (subject to hydrolysis) is 1. The first kappa shape index (κ1) is 15.7. The van der Waals surface area contributed by atoms with Crippen LogP contribution >= 0.6 is 0 Å². The monoisotopic (exact) mass is 283 g/mol. The first-order valence-electron chi connectivity index (χ1n) is 5.93. The van der Waals surface area contributed by atoms with Crippen LogP contribution in [0.15, 0.2) is 17.2 Å². The van der Waals surface area contributed by atoms with Gasteiger partial charge in [0, 0.05) is 12.5 Å². The van der Waals surface area contributed by atoms with Gasteiger partial charge in [-0.05, 0) is 20.8 Å². The quantitative estimate of drug-likeness (QED) is 0.730. The van der Waals surface area contributed by atoms with Crippen LogP contribution in [0.25, 0.3) is 0 Å². The maximum Gasteiger partial charge on any atom is 0.408 e. The Bertz CT molecular complexity index is 547. The van der Waals surface area contributed by atoms with E-state index in [0.717, 1.165) is 0 Å². The van der Waals surface area contributed by atoms with Gasteiger partial charge in [-0.25, -0.2) is 14.6 Å². The molecule has 0 aliphatic carbocycles. The molecule has 1 rings (SSSR count). The third kappa shape index (κ3) is 5.51. The van der Waals surface area contributed by atoms with Crippen molar-refractivity contribution in [3.8, 4) is 0 Å². The van der Waals surface area contributed by atoms with Crippen LogP contribution in [0.3, 0.4) is 0 Å². The Morgan fingerprint density at radius 1 is 1.50 bits per heavy atom. The van der Waals surface area contributed by atoms with Crippen molar-refractivity contribution in [2.24, 2.45) is 0 Å². The first-order valence-corrected chi connectivity index (χ1v) is 5.93. The third-order valence-electron chi connectivity index (χ3n) is 2.14. The van der Waals surface area contributed by atoms with Crippen molar-refractivity contribution in [2.45, 2.75) is 38.8 Å². The number of carboxylic acid groups (broad SMARTS) is 1. The summed E-state index contributed by atoms with van der Waals surface area (Å²) in [6.07, 6.45) is 0.220. The Morgan fingerprint density at radius 2 is 2.15 bits per heavy atom. The molecule has 0 aromatic carbocycles. The van der Waals surface area contributed by atoms with Crippen LogP contribution in [0.2, 0.25) is 0 Å². The second-order valence-corrected chi connectivity index (χ2v) is 5.14. The van der Waals surface area contributed by atoms with Crippen LogP contribution in [0.4, 0.5) is 4.79 Å². The number of H-pyrrole nitrogens is 1. The number of aromatic amines is 1. The summed E-state index contributed by atoms with van der Waals surface area (Å²) >= 11 is 0. The molecule has 0 saturated heterocycles. The molecule has 1 aromatic rings. The summed E-state index contributed by atoms with van der Waals surface area (Å²) in [7, 11) is 0. The summed E-state index contributed by atoms with van der Waals surface area (Å²) in [5.41, 5.74) is -0.858. The summed E-state index contributed by atoms with van der Waals surface area (Å²) in [4.78, 5) is 39.9. The van der Waals surface area contributed by atoms with Crippen molar-refractivity contribution in [1.82, 2.24) is 15.3 Å². The van der Waals surface area contributed by atoms with Crippen molar-refractivity contribution in [2.75, 3.05) is 0 Å². The van der Waals surface area contributed by atoms with Gasteiger partial charge in [0.15, 0.2) is 0 Å². The molecule has 3 N–H and O–H groups in total. The number of carbonyl (C=O) groups is 2. The number of hydrogen-bond acceptors (Lipinski definition) is 5. The fourth-order valence-corrected chi connectivity index (χ4v) is 1.38. The fourth-order valence-electron chi connectivity index (χ4n) is 1.38. The highest BCUT2D eigenvalue weighted by molar-refractivity contribution is 5.80. The number of nitrogens with one attached hydrogen (secondary N) is 2. The second kappa shape index (κ2) is 6.18. The van der Waals surface area contributed by atoms with Crippen LogP contribution in [-0.2, 0) is 16.0 Å². The van der Waals surface area contributed by atoms with E-state index in [1.807, 2.05) is 0 Å². The van der Waals surface area contributed by atoms with Crippen molar-refractivity contribution >= 4 is 12.1 Å². The molecule has 8 heteroatoms. The van der Waals surface area contributed by atoms with E-state index in [9.17, 15) is 14.4 Å². The van der Waals surface area contributed by atoms with Gasteiger partial charge in [0.2, 0.25) is 0 Å². The first-order chi connectivity index (χ1) is 9.17. The van der Waals surface area contributed by atoms with E-state index in [0.29, 0.717) is 0 Å². The molecule has 110 valence electrons. The summed E-state index contributed by atoms with van der Waals surface area (Å²) in [5.74, 6) is -1.24. The van der Waals surface area contributed by atoms with E-state index in [1.54, 1.807) is 20.8 Å². The minimum atomic E-state index is -1.24. The Balaban J connectivity index is 2.73. The van der Waals surface area contributed by atoms with E-state index in [2.05, 4.69) is 15.3 Å². The van der Waals surface area contributed by atoms with Gasteiger partial charge in [-0.1, -0.05) is 0 Å². The predicted octanol–water partition coefficient (Wildman–Crippen LogP) is 0.290. The van der Waals surface area contributed by atoms with E-state index in [1.165, 1.54) is 12.4 Å². The van der Waals surface area contributed by atoms with Crippen LogP contribution in [-0.4, -0.2) is 38.8 Å². The Labute approximate surface area is 115 Å². The van der Waals surface area contributed by atoms with Crippen LogP contribution < -0.4 is 10.9 Å². The predicted molar refractivity (Wildman–Crippen MR) is 69.4 cm³/mol. The number of amides is 1. The average molecular weight is 283 g/mol. The number of rotatable bonds is 4. The van der Waals surface area contributed by atoms with Crippen LogP contribution in [0.1, 0.15) is 26.5 Å². The van der Waals surface area contributed by atoms with Crippen LogP contribution in [0.5, 0.6) is 0 Å². The zero-order valence-corrected chi connectivity index (χ0v) is 11.5. The normalized spacial score (nSPS) is 12.6. The van der Waals surface area contributed by atoms with E-state index in [-0.39, 0.29) is 12.1 Å². The molecular formula is C12H17N3O5. The van der Waals surface area contributed by atoms with Crippen molar-refractivity contribution in [3.05, 3.63) is 28.4 Å². The van der Waals surface area contributed by atoms with Gasteiger partial charge in [-0.15, -0.1) is 0 Å². The Morgan fingerprint density at radius 3 is 2.65 bits per heavy atom. The maximum atomic E-state index is 11.5. The lowest BCUT2D eigenvalue weighted by molar-refractivity contribution is -0.139. The van der Waals surface area contributed by atoms with E-state index < -0.39 is 29.3 Å². The number of hydrogen-bond donors (Lipinski definition) is 3. The van der Waals surface area contributed by atoms with Gasteiger partial charge in [-0.2, -0.15) is 0 Å². The Kier molecular flexibility index (Phi) is 4.84. The molecule has 1 aromatic heterocycles. The van der Waals surface area contributed by atoms with E-state index in [4.69, 9.17) is 9.84 Å². The molecule has 0 aliphatic rings. The number of nitrogens with zero attached hydrogens (tertiary/aromatic N) is 1. The summed E-state index contributed by atoms with van der Waals surface area (Å²) in [6.45, 7) is 5.00. The third-order valence-corrected chi connectivity index (χ3v) is 2.14. The molecule has 0 spiro atoms. The van der Waals surface area contributed by atoms with Crippen LogP contribution in [0, 0.1) is 0 Å². The van der Waals surface area contributed by atoms with Crippen molar-refractivity contribution < 1.29 is 19.4 Å². The second-order valence-electron chi connectivity index (χ2n) is 5.14. The van der Waals surface area contributed by atoms with Crippen molar-refractivity contribution in [3.63, 3.8) is 0 Å². The summed E-state index contributed by atoms with van der Waals surface area (Å²) in [5, 5.41) is 11.3. The van der Waals surface area contributed by atoms with Gasteiger partial charge >= 0.3 is 12.1 Å². The van der Waals surface area contributed by atoms with Gasteiger partial charge in [0.25, 0.3) is 5.56 Å². The van der Waals surface area contributed by atoms with E-state index >= 15 is 0 Å². The highest BCUT2D eigenvalue weighted by Crippen LogP contribution is 2.07. The van der Waals surface area contributed by atoms with Crippen molar-refractivity contribution in [1.29, 1.82) is 0 Å². The molecule has 8 nitrogen and oxygen atoms in total. The standard InChI is InChI=1S/C12H17N3O5/c1-12(2,3)20-11(19)15-8(10(17)18)4-7-5-9(16)14-6-13-7/h5-6,8H,4H2,1-3H3,(H,15,19)(H,17,18)(H,13,14,16). The molecule has 1 amide bonds. The summed E-state index contributed by atoms with van der Waals surface area (Å²) in [6, 6.07) is -0.0497. The fraction of sp³-hybridized carbons (Fsp3) is 0.500. The largest absolute Gasteiger partial charge is 0.480 e. The lowest BCUT2D eigenvalue weighted by Gasteiger charge is -2.21. The molecule has 1 heterocycles. The molecule has 1 unspecified atom stereocenters. The minimum absolute atomic E-state index is 0.113.